The quantitative estimate of drug-likeness (QED) is 0.408. The zero-order valence-electron chi connectivity index (χ0n) is 18.2. The molecular weight excluding hydrogens is 459 g/mol. The molecule has 0 spiro atoms. The summed E-state index contributed by atoms with van der Waals surface area (Å²) in [6, 6.07) is 13.4. The third-order valence-electron chi connectivity index (χ3n) is 5.69. The van der Waals surface area contributed by atoms with E-state index in [1.807, 2.05) is 6.07 Å². The highest BCUT2D eigenvalue weighted by Crippen LogP contribution is 2.36. The van der Waals surface area contributed by atoms with Crippen LogP contribution in [0.2, 0.25) is 0 Å². The minimum atomic E-state index is -4.46. The van der Waals surface area contributed by atoms with Crippen LogP contribution < -0.4 is 10.1 Å². The number of nitrogens with one attached hydrogen (secondary N) is 1. The van der Waals surface area contributed by atoms with Crippen LogP contribution in [0.1, 0.15) is 22.3 Å². The molecule has 3 heterocycles. The number of fused-ring (bicyclic) bond motifs is 2. The number of Topliss-reactive ketones (excluding diaryl/α,β-unsaturated/α-hetero) is 1. The van der Waals surface area contributed by atoms with Crippen LogP contribution in [0.3, 0.4) is 0 Å². The van der Waals surface area contributed by atoms with Crippen molar-refractivity contribution in [3.05, 3.63) is 89.2 Å². The minimum absolute atomic E-state index is 0.0296. The molecule has 0 unspecified atom stereocenters. The summed E-state index contributed by atoms with van der Waals surface area (Å²) in [4.78, 5) is 33.1. The van der Waals surface area contributed by atoms with Gasteiger partial charge in [0.25, 0.3) is 0 Å². The van der Waals surface area contributed by atoms with Crippen molar-refractivity contribution in [1.29, 1.82) is 0 Å². The second-order valence-corrected chi connectivity index (χ2v) is 8.18. The van der Waals surface area contributed by atoms with Crippen molar-refractivity contribution in [2.24, 2.45) is 0 Å². The monoisotopic (exact) mass is 477 g/mol. The Morgan fingerprint density at radius 2 is 1.83 bits per heavy atom. The maximum absolute atomic E-state index is 13.0. The van der Waals surface area contributed by atoms with Crippen molar-refractivity contribution >= 4 is 28.4 Å². The lowest BCUT2D eigenvalue weighted by molar-refractivity contribution is -0.137. The first-order chi connectivity index (χ1) is 16.8. The van der Waals surface area contributed by atoms with E-state index in [0.717, 1.165) is 12.1 Å². The molecule has 0 aliphatic carbocycles. The number of rotatable bonds is 6. The van der Waals surface area contributed by atoms with Crippen LogP contribution in [-0.4, -0.2) is 21.7 Å². The first kappa shape index (κ1) is 22.5. The van der Waals surface area contributed by atoms with Crippen LogP contribution in [0, 0.1) is 0 Å². The van der Waals surface area contributed by atoms with Gasteiger partial charge in [0.15, 0.2) is 5.75 Å². The Hall–Kier alpha value is -4.27. The number of ether oxygens (including phenoxy) is 1. The number of nitrogens with zero attached hydrogens (tertiary/aromatic N) is 2. The average Bonchev–Trinajstić information content (AvgIpc) is 3.21. The van der Waals surface area contributed by atoms with E-state index in [-0.39, 0.29) is 31.0 Å². The Balaban J connectivity index is 1.40. The number of ketones is 1. The lowest BCUT2D eigenvalue weighted by Crippen LogP contribution is -2.09. The van der Waals surface area contributed by atoms with Gasteiger partial charge in [-0.25, -0.2) is 4.98 Å². The van der Waals surface area contributed by atoms with E-state index in [4.69, 9.17) is 4.74 Å². The van der Waals surface area contributed by atoms with Gasteiger partial charge in [0.1, 0.15) is 22.9 Å². The number of anilines is 1. The van der Waals surface area contributed by atoms with Crippen molar-refractivity contribution in [3.8, 4) is 11.5 Å². The van der Waals surface area contributed by atoms with Crippen molar-refractivity contribution in [1.82, 2.24) is 9.97 Å². The summed E-state index contributed by atoms with van der Waals surface area (Å²) in [6.07, 6.45) is -1.25. The van der Waals surface area contributed by atoms with E-state index in [1.54, 1.807) is 30.5 Å². The van der Waals surface area contributed by atoms with Gasteiger partial charge in [0.2, 0.25) is 5.91 Å². The number of hydrogen-bond acceptors (Lipinski definition) is 5. The smallest absolute Gasteiger partial charge is 0.416 e. The Kier molecular flexibility index (Phi) is 5.68. The van der Waals surface area contributed by atoms with Crippen LogP contribution >= 0.6 is 0 Å². The molecule has 0 radical (unpaired) electrons. The highest BCUT2D eigenvalue weighted by atomic mass is 19.4. The molecule has 35 heavy (non-hydrogen) atoms. The first-order valence-corrected chi connectivity index (χ1v) is 10.8. The predicted octanol–water partition coefficient (Wildman–Crippen LogP) is 5.29. The van der Waals surface area contributed by atoms with E-state index in [9.17, 15) is 22.8 Å². The topological polar surface area (TPSA) is 81.2 Å². The van der Waals surface area contributed by atoms with Gasteiger partial charge in [0.05, 0.1) is 12.0 Å². The molecule has 9 heteroatoms. The van der Waals surface area contributed by atoms with E-state index in [1.165, 1.54) is 18.3 Å². The predicted molar refractivity (Wildman–Crippen MR) is 122 cm³/mol. The summed E-state index contributed by atoms with van der Waals surface area (Å²) in [5.41, 5.74) is 1.40. The minimum Gasteiger partial charge on any atom is -0.455 e. The Morgan fingerprint density at radius 1 is 0.971 bits per heavy atom. The van der Waals surface area contributed by atoms with Gasteiger partial charge in [-0.2, -0.15) is 13.2 Å². The number of alkyl halides is 3. The highest BCUT2D eigenvalue weighted by Gasteiger charge is 2.30. The summed E-state index contributed by atoms with van der Waals surface area (Å²) in [7, 11) is 0. The van der Waals surface area contributed by atoms with Crippen LogP contribution in [0.25, 0.3) is 10.9 Å². The zero-order valence-corrected chi connectivity index (χ0v) is 18.2. The van der Waals surface area contributed by atoms with Crippen molar-refractivity contribution in [2.75, 3.05) is 5.32 Å². The average molecular weight is 477 g/mol. The molecule has 2 aromatic carbocycles. The van der Waals surface area contributed by atoms with Gasteiger partial charge >= 0.3 is 6.18 Å². The molecule has 0 saturated carbocycles. The number of pyridine rings is 2. The third kappa shape index (κ3) is 4.70. The van der Waals surface area contributed by atoms with E-state index in [2.05, 4.69) is 15.3 Å². The van der Waals surface area contributed by atoms with E-state index in [0.29, 0.717) is 44.9 Å². The molecule has 0 fully saturated rings. The summed E-state index contributed by atoms with van der Waals surface area (Å²) in [5, 5.41) is 3.37. The molecule has 4 aromatic rings. The lowest BCUT2D eigenvalue weighted by atomic mass is 9.98. The van der Waals surface area contributed by atoms with E-state index >= 15 is 0 Å². The second kappa shape index (κ2) is 8.83. The molecule has 0 saturated heterocycles. The SMILES string of the molecule is O=C(Cc1cccc(C(F)(F)F)c1)Cc1ccc(Oc2ccnc3c2CC(=O)N3)c2ncccc12. The molecule has 176 valence electrons. The highest BCUT2D eigenvalue weighted by molar-refractivity contribution is 5.99. The molecule has 1 amide bonds. The number of carbonyl (C=O) groups excluding carboxylic acids is 2. The van der Waals surface area contributed by atoms with Gasteiger partial charge in [-0.3, -0.25) is 14.6 Å². The molecule has 1 N–H and O–H groups in total. The molecular formula is C26H18F3N3O3. The van der Waals surface area contributed by atoms with Crippen molar-refractivity contribution in [2.45, 2.75) is 25.4 Å². The standard InChI is InChI=1S/C26H18F3N3O3/c27-26(28,29)17-4-1-3-15(11-17)12-18(33)13-16-6-7-22(24-19(16)5-2-9-30-24)35-21-8-10-31-25-20(21)14-23(34)32-25/h1-11H,12-14H2,(H,31,32,34). The molecule has 0 bridgehead atoms. The maximum Gasteiger partial charge on any atom is 0.416 e. The molecule has 1 aliphatic heterocycles. The number of amides is 1. The molecule has 5 rings (SSSR count). The van der Waals surface area contributed by atoms with Crippen molar-refractivity contribution in [3.63, 3.8) is 0 Å². The molecule has 6 nitrogen and oxygen atoms in total. The van der Waals surface area contributed by atoms with Crippen LogP contribution in [-0.2, 0) is 35.0 Å². The molecule has 1 aliphatic rings. The fraction of sp³-hybridized carbons (Fsp3) is 0.154. The van der Waals surface area contributed by atoms with Crippen LogP contribution in [0.4, 0.5) is 19.0 Å². The fourth-order valence-electron chi connectivity index (χ4n) is 4.11. The second-order valence-electron chi connectivity index (χ2n) is 8.18. The Labute approximate surface area is 197 Å². The summed E-state index contributed by atoms with van der Waals surface area (Å²) < 4.78 is 45.1. The van der Waals surface area contributed by atoms with E-state index < -0.39 is 11.7 Å². The number of hydrogen-bond donors (Lipinski definition) is 1. The lowest BCUT2D eigenvalue weighted by Gasteiger charge is -2.13. The van der Waals surface area contributed by atoms with Gasteiger partial charge in [0, 0.05) is 36.2 Å². The van der Waals surface area contributed by atoms with Gasteiger partial charge < -0.3 is 10.1 Å². The normalized spacial score (nSPS) is 12.9. The largest absolute Gasteiger partial charge is 0.455 e. The Bertz CT molecular complexity index is 1470. The molecule has 2 aromatic heterocycles. The summed E-state index contributed by atoms with van der Waals surface area (Å²) >= 11 is 0. The van der Waals surface area contributed by atoms with Gasteiger partial charge in [-0.15, -0.1) is 0 Å². The number of halogens is 3. The maximum atomic E-state index is 13.0. The van der Waals surface area contributed by atoms with Gasteiger partial charge in [-0.05, 0) is 35.4 Å². The third-order valence-corrected chi connectivity index (χ3v) is 5.69. The number of aromatic nitrogens is 2. The summed E-state index contributed by atoms with van der Waals surface area (Å²) in [5.74, 6) is 0.999. The number of benzene rings is 2. The fourth-order valence-corrected chi connectivity index (χ4v) is 4.11. The van der Waals surface area contributed by atoms with Crippen molar-refractivity contribution < 1.29 is 27.5 Å². The molecule has 0 atom stereocenters. The Morgan fingerprint density at radius 3 is 2.66 bits per heavy atom. The first-order valence-electron chi connectivity index (χ1n) is 10.8. The van der Waals surface area contributed by atoms with Crippen LogP contribution in [0.15, 0.2) is 67.0 Å². The summed E-state index contributed by atoms with van der Waals surface area (Å²) in [6.45, 7) is 0. The zero-order chi connectivity index (χ0) is 24.6. The van der Waals surface area contributed by atoms with Crippen LogP contribution in [0.5, 0.6) is 11.5 Å². The van der Waals surface area contributed by atoms with Gasteiger partial charge in [-0.1, -0.05) is 30.3 Å². The number of carbonyl (C=O) groups is 2.